The van der Waals surface area contributed by atoms with Crippen LogP contribution in [0, 0.1) is 17.8 Å². The van der Waals surface area contributed by atoms with Crippen molar-refractivity contribution in [3.8, 4) is 0 Å². The first kappa shape index (κ1) is 12.9. The summed E-state index contributed by atoms with van der Waals surface area (Å²) >= 11 is 0. The number of amides is 1. The van der Waals surface area contributed by atoms with E-state index in [0.29, 0.717) is 35.9 Å². The first-order chi connectivity index (χ1) is 9.74. The number of nitrogens with one attached hydrogen (secondary N) is 1. The molecular weight excluding hydrogens is 248 g/mol. The quantitative estimate of drug-likeness (QED) is 0.801. The molecule has 0 aromatic carbocycles. The molecule has 20 heavy (non-hydrogen) atoms. The van der Waals surface area contributed by atoms with Crippen molar-refractivity contribution in [2.45, 2.75) is 63.6 Å². The van der Waals surface area contributed by atoms with Gasteiger partial charge in [-0.2, -0.15) is 0 Å². The van der Waals surface area contributed by atoms with E-state index in [0.717, 1.165) is 13.0 Å². The average molecular weight is 274 g/mol. The average Bonchev–Trinajstić information content (AvgIpc) is 3.15. The van der Waals surface area contributed by atoms with Crippen LogP contribution in [0.3, 0.4) is 0 Å². The number of hydrogen-bond donors (Lipinski definition) is 1. The van der Waals surface area contributed by atoms with Crippen molar-refractivity contribution < 1.29 is 4.79 Å². The van der Waals surface area contributed by atoms with Gasteiger partial charge in [0.05, 0.1) is 0 Å². The third-order valence-electron chi connectivity index (χ3n) is 6.11. The maximum absolute atomic E-state index is 13.0. The van der Waals surface area contributed by atoms with Crippen molar-refractivity contribution in [3.05, 3.63) is 12.2 Å². The van der Waals surface area contributed by atoms with Gasteiger partial charge >= 0.3 is 0 Å². The van der Waals surface area contributed by atoms with E-state index in [1.807, 2.05) is 0 Å². The fourth-order valence-electron chi connectivity index (χ4n) is 5.15. The molecule has 110 valence electrons. The number of piperidine rings is 1. The second-order valence-electron chi connectivity index (χ2n) is 7.27. The lowest BCUT2D eigenvalue weighted by molar-refractivity contribution is -0.139. The van der Waals surface area contributed by atoms with Crippen LogP contribution in [0.15, 0.2) is 12.2 Å². The molecule has 4 rings (SSSR count). The minimum Gasteiger partial charge on any atom is -0.340 e. The van der Waals surface area contributed by atoms with Crippen molar-refractivity contribution in [3.63, 3.8) is 0 Å². The predicted octanol–water partition coefficient (Wildman–Crippen LogP) is 2.33. The Morgan fingerprint density at radius 2 is 1.90 bits per heavy atom. The van der Waals surface area contributed by atoms with Crippen molar-refractivity contribution in [2.24, 2.45) is 17.8 Å². The zero-order chi connectivity index (χ0) is 13.7. The summed E-state index contributed by atoms with van der Waals surface area (Å²) < 4.78 is 0. The van der Waals surface area contributed by atoms with Crippen LogP contribution in [0.4, 0.5) is 0 Å². The third kappa shape index (κ3) is 2.02. The fourth-order valence-corrected chi connectivity index (χ4v) is 5.15. The van der Waals surface area contributed by atoms with Crippen LogP contribution in [0.5, 0.6) is 0 Å². The number of carbonyl (C=O) groups is 1. The summed E-state index contributed by atoms with van der Waals surface area (Å²) in [5.74, 6) is 1.98. The Bertz CT molecular complexity index is 421. The Balaban J connectivity index is 1.47. The van der Waals surface area contributed by atoms with E-state index in [1.54, 1.807) is 0 Å². The topological polar surface area (TPSA) is 32.3 Å². The minimum atomic E-state index is 0.289. The molecule has 4 aliphatic rings. The van der Waals surface area contributed by atoms with Crippen molar-refractivity contribution in [1.29, 1.82) is 0 Å². The number of fused-ring (bicyclic) bond motifs is 4. The fraction of sp³-hybridized carbons (Fsp3) is 0.824. The van der Waals surface area contributed by atoms with E-state index >= 15 is 0 Å². The van der Waals surface area contributed by atoms with Gasteiger partial charge in [-0.15, -0.1) is 0 Å². The van der Waals surface area contributed by atoms with Gasteiger partial charge in [-0.1, -0.05) is 12.2 Å². The van der Waals surface area contributed by atoms with Gasteiger partial charge in [0, 0.05) is 30.6 Å². The maximum Gasteiger partial charge on any atom is 0.226 e. The molecule has 4 bridgehead atoms. The zero-order valence-corrected chi connectivity index (χ0v) is 12.4. The molecule has 3 heteroatoms. The van der Waals surface area contributed by atoms with Crippen molar-refractivity contribution >= 4 is 5.91 Å². The lowest BCUT2D eigenvalue weighted by atomic mass is 9.90. The van der Waals surface area contributed by atoms with E-state index in [1.165, 1.54) is 32.1 Å². The number of allylic oxidation sites excluding steroid dienone is 2. The zero-order valence-electron chi connectivity index (χ0n) is 12.4. The number of hydrogen-bond acceptors (Lipinski definition) is 2. The minimum absolute atomic E-state index is 0.289. The van der Waals surface area contributed by atoms with Gasteiger partial charge in [0.1, 0.15) is 0 Å². The van der Waals surface area contributed by atoms with Gasteiger partial charge in [-0.05, 0) is 57.3 Å². The Morgan fingerprint density at radius 1 is 1.15 bits per heavy atom. The highest BCUT2D eigenvalue weighted by molar-refractivity contribution is 5.80. The Hall–Kier alpha value is -0.830. The SMILES string of the molecule is CCN(C(=O)C1CC2C=CC1C2)C1CC2CCC(C1)N2. The van der Waals surface area contributed by atoms with Gasteiger partial charge in [0.15, 0.2) is 0 Å². The summed E-state index contributed by atoms with van der Waals surface area (Å²) in [5.41, 5.74) is 0. The summed E-state index contributed by atoms with van der Waals surface area (Å²) in [6.07, 6.45) is 11.9. The van der Waals surface area contributed by atoms with Crippen LogP contribution in [0.2, 0.25) is 0 Å². The largest absolute Gasteiger partial charge is 0.340 e. The molecule has 0 aromatic heterocycles. The van der Waals surface area contributed by atoms with Crippen LogP contribution in [-0.4, -0.2) is 35.5 Å². The van der Waals surface area contributed by atoms with Crippen LogP contribution >= 0.6 is 0 Å². The lowest BCUT2D eigenvalue weighted by Crippen LogP contribution is -2.51. The molecular formula is C17H26N2O. The first-order valence-electron chi connectivity index (χ1n) is 8.49. The molecule has 3 nitrogen and oxygen atoms in total. The molecule has 1 saturated carbocycles. The van der Waals surface area contributed by atoms with Crippen LogP contribution in [0.25, 0.3) is 0 Å². The molecule has 2 aliphatic heterocycles. The maximum atomic E-state index is 13.0. The second kappa shape index (κ2) is 4.87. The van der Waals surface area contributed by atoms with E-state index in [9.17, 15) is 4.79 Å². The van der Waals surface area contributed by atoms with Crippen LogP contribution < -0.4 is 5.32 Å². The summed E-state index contributed by atoms with van der Waals surface area (Å²) in [5, 5.41) is 3.69. The first-order valence-corrected chi connectivity index (χ1v) is 8.49. The van der Waals surface area contributed by atoms with Crippen molar-refractivity contribution in [1.82, 2.24) is 10.2 Å². The van der Waals surface area contributed by atoms with E-state index in [2.05, 4.69) is 29.3 Å². The highest BCUT2D eigenvalue weighted by Gasteiger charge is 2.44. The van der Waals surface area contributed by atoms with E-state index < -0.39 is 0 Å². The molecule has 1 N–H and O–H groups in total. The lowest BCUT2D eigenvalue weighted by Gasteiger charge is -2.39. The van der Waals surface area contributed by atoms with E-state index in [-0.39, 0.29) is 5.92 Å². The van der Waals surface area contributed by atoms with Crippen molar-refractivity contribution in [2.75, 3.05) is 6.54 Å². The molecule has 2 heterocycles. The molecule has 3 fully saturated rings. The molecule has 1 amide bonds. The van der Waals surface area contributed by atoms with Gasteiger partial charge < -0.3 is 10.2 Å². The Labute approximate surface area is 121 Å². The Morgan fingerprint density at radius 3 is 2.45 bits per heavy atom. The van der Waals surface area contributed by atoms with Gasteiger partial charge in [0.2, 0.25) is 5.91 Å². The van der Waals surface area contributed by atoms with Gasteiger partial charge in [0.25, 0.3) is 0 Å². The highest BCUT2D eigenvalue weighted by atomic mass is 16.2. The molecule has 5 atom stereocenters. The second-order valence-corrected chi connectivity index (χ2v) is 7.27. The standard InChI is InChI=1S/C17H26N2O/c1-2-19(15-9-13-5-6-14(10-15)18-13)17(20)16-8-11-3-4-12(16)7-11/h3-4,11-16,18H,2,5-10H2,1H3. The molecule has 5 unspecified atom stereocenters. The van der Waals surface area contributed by atoms with Crippen LogP contribution in [0.1, 0.15) is 45.4 Å². The smallest absolute Gasteiger partial charge is 0.226 e. The summed E-state index contributed by atoms with van der Waals surface area (Å²) in [6, 6.07) is 1.83. The summed E-state index contributed by atoms with van der Waals surface area (Å²) in [7, 11) is 0. The number of nitrogens with zero attached hydrogens (tertiary/aromatic N) is 1. The monoisotopic (exact) mass is 274 g/mol. The molecule has 0 spiro atoms. The predicted molar refractivity (Wildman–Crippen MR) is 79.2 cm³/mol. The molecule has 0 radical (unpaired) electrons. The summed E-state index contributed by atoms with van der Waals surface area (Å²) in [4.78, 5) is 15.2. The summed E-state index contributed by atoms with van der Waals surface area (Å²) in [6.45, 7) is 3.05. The Kier molecular flexibility index (Phi) is 3.13. The third-order valence-corrected chi connectivity index (χ3v) is 6.11. The molecule has 0 aromatic rings. The normalized spacial score (nSPS) is 45.0. The number of carbonyl (C=O) groups excluding carboxylic acids is 1. The van der Waals surface area contributed by atoms with Gasteiger partial charge in [-0.3, -0.25) is 4.79 Å². The van der Waals surface area contributed by atoms with Crippen LogP contribution in [-0.2, 0) is 4.79 Å². The van der Waals surface area contributed by atoms with E-state index in [4.69, 9.17) is 0 Å². The highest BCUT2D eigenvalue weighted by Crippen LogP contribution is 2.44. The van der Waals surface area contributed by atoms with Gasteiger partial charge in [-0.25, -0.2) is 0 Å². The molecule has 2 aliphatic carbocycles. The number of rotatable bonds is 3. The molecule has 2 saturated heterocycles.